The van der Waals surface area contributed by atoms with Crippen molar-refractivity contribution in [1.29, 1.82) is 0 Å². The highest BCUT2D eigenvalue weighted by Crippen LogP contribution is 2.44. The van der Waals surface area contributed by atoms with E-state index < -0.39 is 0 Å². The second-order valence-electron chi connectivity index (χ2n) is 12.9. The first-order valence-electron chi connectivity index (χ1n) is 17.2. The van der Waals surface area contributed by atoms with Crippen molar-refractivity contribution in [1.82, 2.24) is 4.57 Å². The zero-order valence-electron chi connectivity index (χ0n) is 27.4. The highest BCUT2D eigenvalue weighted by atomic mass is 15.1. The largest absolute Gasteiger partial charge is 0.310 e. The van der Waals surface area contributed by atoms with Gasteiger partial charge in [0.25, 0.3) is 0 Å². The average Bonchev–Trinajstić information content (AvgIpc) is 3.52. The van der Waals surface area contributed by atoms with Crippen LogP contribution >= 0.6 is 0 Å². The van der Waals surface area contributed by atoms with E-state index in [4.69, 9.17) is 0 Å². The lowest BCUT2D eigenvalue weighted by Gasteiger charge is -2.28. The van der Waals surface area contributed by atoms with Crippen LogP contribution in [-0.4, -0.2) is 4.57 Å². The molecular formula is C48H32N2. The molecule has 0 unspecified atom stereocenters. The second-order valence-corrected chi connectivity index (χ2v) is 12.9. The molecule has 9 aromatic carbocycles. The van der Waals surface area contributed by atoms with Crippen LogP contribution in [0.25, 0.3) is 70.9 Å². The van der Waals surface area contributed by atoms with Gasteiger partial charge in [0.2, 0.25) is 0 Å². The maximum absolute atomic E-state index is 2.43. The molecule has 0 saturated carbocycles. The molecule has 0 aliphatic rings. The molecule has 0 radical (unpaired) electrons. The molecule has 1 aromatic heterocycles. The van der Waals surface area contributed by atoms with Gasteiger partial charge in [0.15, 0.2) is 0 Å². The Hall–Kier alpha value is -6.64. The lowest BCUT2D eigenvalue weighted by atomic mass is 9.90. The van der Waals surface area contributed by atoms with Crippen molar-refractivity contribution in [2.45, 2.75) is 0 Å². The van der Waals surface area contributed by atoms with Crippen LogP contribution in [0, 0.1) is 0 Å². The minimum Gasteiger partial charge on any atom is -0.310 e. The fraction of sp³-hybridized carbons (Fsp3) is 0. The summed E-state index contributed by atoms with van der Waals surface area (Å²) >= 11 is 0. The van der Waals surface area contributed by atoms with Crippen molar-refractivity contribution < 1.29 is 0 Å². The Morgan fingerprint density at radius 1 is 0.320 bits per heavy atom. The molecule has 0 aliphatic heterocycles. The van der Waals surface area contributed by atoms with E-state index in [2.05, 4.69) is 204 Å². The van der Waals surface area contributed by atoms with Crippen LogP contribution < -0.4 is 4.90 Å². The van der Waals surface area contributed by atoms with Gasteiger partial charge < -0.3 is 9.47 Å². The van der Waals surface area contributed by atoms with Gasteiger partial charge >= 0.3 is 0 Å². The van der Waals surface area contributed by atoms with Gasteiger partial charge in [0.1, 0.15) is 0 Å². The fourth-order valence-electron chi connectivity index (χ4n) is 7.93. The number of aromatic nitrogens is 1. The Morgan fingerprint density at radius 3 is 1.54 bits per heavy atom. The van der Waals surface area contributed by atoms with E-state index in [-0.39, 0.29) is 0 Å². The minimum atomic E-state index is 1.13. The van der Waals surface area contributed by atoms with Gasteiger partial charge in [-0.15, -0.1) is 0 Å². The van der Waals surface area contributed by atoms with Gasteiger partial charge in [-0.3, -0.25) is 0 Å². The molecular weight excluding hydrogens is 605 g/mol. The third-order valence-corrected chi connectivity index (χ3v) is 10.1. The standard InChI is InChI=1S/C48H32N2/c1-4-16-34(17-5-1)49(35-18-6-2-7-19-35)46-26-14-12-22-37(46)33-28-29-40-42(30-33)38-23-10-11-24-39(38)44-32-48-45(31-43(40)44)41-25-13-15-27-47(41)50(48)36-20-8-3-9-21-36/h1-32H. The molecule has 0 bridgehead atoms. The van der Waals surface area contributed by atoms with Gasteiger partial charge in [-0.25, -0.2) is 0 Å². The van der Waals surface area contributed by atoms with E-state index in [1.54, 1.807) is 0 Å². The zero-order chi connectivity index (χ0) is 33.0. The molecule has 0 fully saturated rings. The third-order valence-electron chi connectivity index (χ3n) is 10.1. The molecule has 10 aromatic rings. The molecule has 0 atom stereocenters. The Balaban J connectivity index is 1.25. The number of para-hydroxylation sites is 5. The monoisotopic (exact) mass is 636 g/mol. The second kappa shape index (κ2) is 11.5. The SMILES string of the molecule is c1ccc(N(c2ccccc2)c2ccccc2-c2ccc3c(c2)c2ccccc2c2cc4c(cc32)c2ccccc2n4-c2ccccc2)cc1. The number of fused-ring (bicyclic) bond motifs is 9. The highest BCUT2D eigenvalue weighted by molar-refractivity contribution is 6.29. The van der Waals surface area contributed by atoms with E-state index in [0.29, 0.717) is 0 Å². The van der Waals surface area contributed by atoms with Gasteiger partial charge in [-0.2, -0.15) is 0 Å². The first kappa shape index (κ1) is 28.4. The number of anilines is 3. The number of hydrogen-bond acceptors (Lipinski definition) is 1. The van der Waals surface area contributed by atoms with Gasteiger partial charge in [0.05, 0.1) is 16.7 Å². The molecule has 2 nitrogen and oxygen atoms in total. The number of rotatable bonds is 5. The summed E-state index contributed by atoms with van der Waals surface area (Å²) in [5, 5.41) is 10.1. The van der Waals surface area contributed by atoms with Gasteiger partial charge in [-0.1, -0.05) is 127 Å². The van der Waals surface area contributed by atoms with Crippen LogP contribution in [0.4, 0.5) is 17.1 Å². The number of nitrogens with zero attached hydrogens (tertiary/aromatic N) is 2. The van der Waals surface area contributed by atoms with E-state index in [0.717, 1.165) is 17.1 Å². The summed E-state index contributed by atoms with van der Waals surface area (Å²) in [6.45, 7) is 0. The van der Waals surface area contributed by atoms with Crippen molar-refractivity contribution in [3.63, 3.8) is 0 Å². The van der Waals surface area contributed by atoms with E-state index in [9.17, 15) is 0 Å². The Labute approximate surface area is 290 Å². The summed E-state index contributed by atoms with van der Waals surface area (Å²) in [5.74, 6) is 0. The molecule has 1 heterocycles. The fourth-order valence-corrected chi connectivity index (χ4v) is 7.93. The lowest BCUT2D eigenvalue weighted by Crippen LogP contribution is -2.10. The molecule has 0 saturated heterocycles. The normalized spacial score (nSPS) is 11.6. The smallest absolute Gasteiger partial charge is 0.0547 e. The van der Waals surface area contributed by atoms with Crippen LogP contribution in [0.15, 0.2) is 194 Å². The van der Waals surface area contributed by atoms with Crippen molar-refractivity contribution in [3.05, 3.63) is 194 Å². The quantitative estimate of drug-likeness (QED) is 0.171. The first-order valence-corrected chi connectivity index (χ1v) is 17.2. The van der Waals surface area contributed by atoms with E-state index >= 15 is 0 Å². The predicted molar refractivity (Wildman–Crippen MR) is 213 cm³/mol. The minimum absolute atomic E-state index is 1.13. The Morgan fingerprint density at radius 2 is 0.840 bits per heavy atom. The van der Waals surface area contributed by atoms with Crippen molar-refractivity contribution in [2.75, 3.05) is 4.90 Å². The lowest BCUT2D eigenvalue weighted by molar-refractivity contribution is 1.18. The van der Waals surface area contributed by atoms with Crippen LogP contribution in [0.2, 0.25) is 0 Å². The predicted octanol–water partition coefficient (Wildman–Crippen LogP) is 13.4. The third kappa shape index (κ3) is 4.43. The van der Waals surface area contributed by atoms with Gasteiger partial charge in [-0.05, 0) is 105 Å². The van der Waals surface area contributed by atoms with Crippen molar-refractivity contribution in [2.24, 2.45) is 0 Å². The number of benzene rings is 9. The Bertz CT molecular complexity index is 2810. The topological polar surface area (TPSA) is 8.17 Å². The van der Waals surface area contributed by atoms with Crippen LogP contribution in [-0.2, 0) is 0 Å². The molecule has 0 amide bonds. The summed E-state index contributed by atoms with van der Waals surface area (Å²) in [6, 6.07) is 70.4. The van der Waals surface area contributed by atoms with Crippen LogP contribution in [0.5, 0.6) is 0 Å². The van der Waals surface area contributed by atoms with Crippen LogP contribution in [0.1, 0.15) is 0 Å². The Kier molecular flexibility index (Phi) is 6.53. The van der Waals surface area contributed by atoms with Crippen molar-refractivity contribution >= 4 is 71.2 Å². The van der Waals surface area contributed by atoms with E-state index in [1.165, 1.54) is 70.9 Å². The molecule has 0 spiro atoms. The molecule has 2 heteroatoms. The molecule has 234 valence electrons. The average molecular weight is 637 g/mol. The molecule has 0 N–H and O–H groups in total. The summed E-state index contributed by atoms with van der Waals surface area (Å²) in [6.07, 6.45) is 0. The maximum Gasteiger partial charge on any atom is 0.0547 e. The molecule has 10 rings (SSSR count). The summed E-state index contributed by atoms with van der Waals surface area (Å²) in [5.41, 5.74) is 9.39. The molecule has 0 aliphatic carbocycles. The molecule has 50 heavy (non-hydrogen) atoms. The summed E-state index contributed by atoms with van der Waals surface area (Å²) < 4.78 is 2.41. The first-order chi connectivity index (χ1) is 24.8. The summed E-state index contributed by atoms with van der Waals surface area (Å²) in [4.78, 5) is 2.36. The highest BCUT2D eigenvalue weighted by Gasteiger charge is 2.19. The van der Waals surface area contributed by atoms with Gasteiger partial charge in [0, 0.05) is 33.4 Å². The van der Waals surface area contributed by atoms with E-state index in [1.807, 2.05) is 0 Å². The van der Waals surface area contributed by atoms with Crippen LogP contribution in [0.3, 0.4) is 0 Å². The maximum atomic E-state index is 2.43. The number of hydrogen-bond donors (Lipinski definition) is 0. The zero-order valence-corrected chi connectivity index (χ0v) is 27.4. The van der Waals surface area contributed by atoms with Crippen molar-refractivity contribution in [3.8, 4) is 16.8 Å². The summed E-state index contributed by atoms with van der Waals surface area (Å²) in [7, 11) is 0.